The Labute approximate surface area is 187 Å². The van der Waals surface area contributed by atoms with Gasteiger partial charge in [-0.15, -0.1) is 0 Å². The van der Waals surface area contributed by atoms with Crippen LogP contribution >= 0.6 is 0 Å². The molecule has 1 N–H and O–H groups in total. The van der Waals surface area contributed by atoms with E-state index in [4.69, 9.17) is 4.74 Å². The zero-order chi connectivity index (χ0) is 22.2. The van der Waals surface area contributed by atoms with Crippen LogP contribution in [0.25, 0.3) is 16.6 Å². The van der Waals surface area contributed by atoms with Crippen molar-refractivity contribution in [2.24, 2.45) is 0 Å². The fourth-order valence-corrected chi connectivity index (χ4v) is 4.57. The molecule has 32 heavy (non-hydrogen) atoms. The number of likely N-dealkylation sites (N-methyl/N-ethyl adjacent to an activating group) is 1. The third kappa shape index (κ3) is 3.70. The maximum absolute atomic E-state index is 11.7. The maximum Gasteiger partial charge on any atom is 0.338 e. The number of carbonyl (C=O) groups excluding carboxylic acids is 1. The van der Waals surface area contributed by atoms with Gasteiger partial charge in [-0.3, -0.25) is 4.90 Å². The lowest BCUT2D eigenvalue weighted by Gasteiger charge is -2.22. The molecule has 0 spiro atoms. The topological polar surface area (TPSA) is 54.7 Å². The highest BCUT2D eigenvalue weighted by atomic mass is 16.5. The van der Waals surface area contributed by atoms with E-state index in [-0.39, 0.29) is 5.97 Å². The van der Waals surface area contributed by atoms with Gasteiger partial charge >= 0.3 is 5.97 Å². The number of rotatable bonds is 6. The molecule has 1 aliphatic rings. The van der Waals surface area contributed by atoms with Crippen LogP contribution < -0.4 is 0 Å². The largest absolute Gasteiger partial charge is 0.457 e. The highest BCUT2D eigenvalue weighted by Gasteiger charge is 2.25. The predicted molar refractivity (Wildman–Crippen MR) is 125 cm³/mol. The van der Waals surface area contributed by atoms with E-state index in [2.05, 4.69) is 70.3 Å². The van der Waals surface area contributed by atoms with Gasteiger partial charge in [0, 0.05) is 30.5 Å². The molecule has 162 valence electrons. The Bertz CT molecular complexity index is 1290. The average molecular weight is 427 g/mol. The Kier molecular flexibility index (Phi) is 5.29. The van der Waals surface area contributed by atoms with E-state index in [1.807, 2.05) is 20.0 Å². The lowest BCUT2D eigenvalue weighted by molar-refractivity contribution is 0.0535. The minimum Gasteiger partial charge on any atom is -0.457 e. The third-order valence-electron chi connectivity index (χ3n) is 6.32. The molecule has 0 amide bonds. The smallest absolute Gasteiger partial charge is 0.338 e. The van der Waals surface area contributed by atoms with Crippen LogP contribution in [0.4, 0.5) is 0 Å². The molecule has 3 aromatic carbocycles. The van der Waals surface area contributed by atoms with Crippen molar-refractivity contribution in [3.8, 4) is 5.69 Å². The summed E-state index contributed by atoms with van der Waals surface area (Å²) in [4.78, 5) is 13.9. The maximum atomic E-state index is 11.7. The summed E-state index contributed by atoms with van der Waals surface area (Å²) in [5, 5.41) is 12.1. The van der Waals surface area contributed by atoms with Crippen molar-refractivity contribution in [3.63, 3.8) is 0 Å². The first kappa shape index (κ1) is 20.5. The summed E-state index contributed by atoms with van der Waals surface area (Å²) in [6, 6.07) is 22.6. The Balaban J connectivity index is 1.26. The molecule has 1 unspecified atom stereocenters. The molecule has 0 aliphatic carbocycles. The molecule has 1 aliphatic heterocycles. The van der Waals surface area contributed by atoms with Crippen molar-refractivity contribution in [1.29, 1.82) is 0 Å². The number of carbonyl (C=O) groups is 1. The number of aliphatic hydroxyl groups excluding tert-OH is 1. The van der Waals surface area contributed by atoms with Gasteiger partial charge in [-0.2, -0.15) is 0 Å². The van der Waals surface area contributed by atoms with Crippen LogP contribution in [-0.2, 0) is 17.9 Å². The van der Waals surface area contributed by atoms with Crippen LogP contribution in [0, 0.1) is 6.92 Å². The third-order valence-corrected chi connectivity index (χ3v) is 6.32. The number of aliphatic hydroxyl groups is 1. The quantitative estimate of drug-likeness (QED) is 0.451. The first-order valence-corrected chi connectivity index (χ1v) is 10.8. The fraction of sp³-hybridized carbons (Fsp3) is 0.222. The van der Waals surface area contributed by atoms with E-state index in [1.165, 1.54) is 16.5 Å². The van der Waals surface area contributed by atoms with E-state index in [0.717, 1.165) is 28.9 Å². The number of ether oxygens (including phenoxy) is 1. The van der Waals surface area contributed by atoms with Crippen molar-refractivity contribution < 1.29 is 14.6 Å². The van der Waals surface area contributed by atoms with Crippen LogP contribution in [-0.4, -0.2) is 34.1 Å². The molecule has 5 heteroatoms. The van der Waals surface area contributed by atoms with Crippen molar-refractivity contribution >= 4 is 16.9 Å². The lowest BCUT2D eigenvalue weighted by atomic mass is 9.95. The minimum absolute atomic E-state index is 0.280. The van der Waals surface area contributed by atoms with Crippen LogP contribution in [0.5, 0.6) is 0 Å². The first-order chi connectivity index (χ1) is 15.5. The summed E-state index contributed by atoms with van der Waals surface area (Å²) < 4.78 is 7.32. The second-order valence-corrected chi connectivity index (χ2v) is 8.51. The van der Waals surface area contributed by atoms with Gasteiger partial charge < -0.3 is 14.4 Å². The van der Waals surface area contributed by atoms with Crippen molar-refractivity contribution in [2.45, 2.75) is 26.2 Å². The summed E-state index contributed by atoms with van der Waals surface area (Å²) >= 11 is 0. The number of hydrogen-bond donors (Lipinski definition) is 1. The molecular weight excluding hydrogens is 400 g/mol. The van der Waals surface area contributed by atoms with Crippen LogP contribution in [0.2, 0.25) is 0 Å². The Morgan fingerprint density at radius 2 is 1.84 bits per heavy atom. The Hall–Kier alpha value is -3.41. The number of hydrogen-bond acceptors (Lipinski definition) is 4. The fourth-order valence-electron chi connectivity index (χ4n) is 4.57. The summed E-state index contributed by atoms with van der Waals surface area (Å²) in [6.45, 7) is 3.47. The highest BCUT2D eigenvalue weighted by molar-refractivity contribution is 5.94. The van der Waals surface area contributed by atoms with Gasteiger partial charge in [-0.25, -0.2) is 4.79 Å². The standard InChI is InChI=1S/C27H26N2O3/c1-18-22(11-12-23-24(18)17-32-27(23)31)26(30)16-28(2)15-19-7-9-21(10-8-19)29-14-13-20-5-3-4-6-25(20)29/h3-14,26,30H,15-17H2,1-2H3. The van der Waals surface area contributed by atoms with Crippen molar-refractivity contribution in [3.05, 3.63) is 101 Å². The minimum atomic E-state index is -0.633. The number of benzene rings is 3. The second-order valence-electron chi connectivity index (χ2n) is 8.51. The predicted octanol–water partition coefficient (Wildman–Crippen LogP) is 4.77. The lowest BCUT2D eigenvalue weighted by Crippen LogP contribution is -2.24. The molecule has 2 heterocycles. The number of para-hydroxylation sites is 1. The van der Waals surface area contributed by atoms with Gasteiger partial charge in [0.25, 0.3) is 0 Å². The molecule has 1 atom stereocenters. The van der Waals surface area contributed by atoms with Gasteiger partial charge in [0.15, 0.2) is 0 Å². The Morgan fingerprint density at radius 1 is 1.06 bits per heavy atom. The molecule has 0 fully saturated rings. The van der Waals surface area contributed by atoms with E-state index in [9.17, 15) is 9.90 Å². The van der Waals surface area contributed by atoms with Crippen LogP contribution in [0.1, 0.15) is 38.7 Å². The van der Waals surface area contributed by atoms with Crippen LogP contribution in [0.15, 0.2) is 72.9 Å². The van der Waals surface area contributed by atoms with E-state index in [0.29, 0.717) is 18.7 Å². The number of fused-ring (bicyclic) bond motifs is 2. The summed E-state index contributed by atoms with van der Waals surface area (Å²) in [7, 11) is 2.01. The molecule has 0 saturated carbocycles. The van der Waals surface area contributed by atoms with Gasteiger partial charge in [0.1, 0.15) is 6.61 Å². The van der Waals surface area contributed by atoms with E-state index < -0.39 is 6.10 Å². The van der Waals surface area contributed by atoms with Gasteiger partial charge in [0.05, 0.1) is 17.2 Å². The normalized spacial score (nSPS) is 14.1. The molecule has 4 aromatic rings. The number of nitrogens with zero attached hydrogens (tertiary/aromatic N) is 2. The average Bonchev–Trinajstić information content (AvgIpc) is 3.39. The number of aromatic nitrogens is 1. The van der Waals surface area contributed by atoms with Crippen LogP contribution in [0.3, 0.4) is 0 Å². The number of esters is 1. The molecule has 5 rings (SSSR count). The van der Waals surface area contributed by atoms with Gasteiger partial charge in [-0.1, -0.05) is 36.4 Å². The van der Waals surface area contributed by atoms with E-state index >= 15 is 0 Å². The Morgan fingerprint density at radius 3 is 2.66 bits per heavy atom. The molecule has 0 bridgehead atoms. The zero-order valence-electron chi connectivity index (χ0n) is 18.3. The summed E-state index contributed by atoms with van der Waals surface area (Å²) in [5.74, 6) is -0.280. The molecule has 5 nitrogen and oxygen atoms in total. The highest BCUT2D eigenvalue weighted by Crippen LogP contribution is 2.29. The summed E-state index contributed by atoms with van der Waals surface area (Å²) in [5.41, 5.74) is 6.80. The second kappa shape index (κ2) is 8.26. The van der Waals surface area contributed by atoms with Gasteiger partial charge in [-0.05, 0) is 66.4 Å². The molecule has 0 radical (unpaired) electrons. The summed E-state index contributed by atoms with van der Waals surface area (Å²) in [6.07, 6.45) is 1.46. The zero-order valence-corrected chi connectivity index (χ0v) is 18.3. The molecular formula is C27H26N2O3. The number of cyclic esters (lactones) is 1. The first-order valence-electron chi connectivity index (χ1n) is 10.8. The van der Waals surface area contributed by atoms with Crippen molar-refractivity contribution in [2.75, 3.05) is 13.6 Å². The molecule has 1 aromatic heterocycles. The molecule has 0 saturated heterocycles. The monoisotopic (exact) mass is 426 g/mol. The van der Waals surface area contributed by atoms with E-state index in [1.54, 1.807) is 6.07 Å². The SMILES string of the molecule is Cc1c(C(O)CN(C)Cc2ccc(-n3ccc4ccccc43)cc2)ccc2c1COC2=O. The van der Waals surface area contributed by atoms with Gasteiger partial charge in [0.2, 0.25) is 0 Å². The van der Waals surface area contributed by atoms with Crippen molar-refractivity contribution in [1.82, 2.24) is 9.47 Å².